The van der Waals surface area contributed by atoms with E-state index in [9.17, 15) is 14.0 Å². The molecule has 3 aromatic rings. The summed E-state index contributed by atoms with van der Waals surface area (Å²) in [6.07, 6.45) is 0. The minimum absolute atomic E-state index is 0.154. The Labute approximate surface area is 185 Å². The summed E-state index contributed by atoms with van der Waals surface area (Å²) in [6, 6.07) is 19.5. The van der Waals surface area contributed by atoms with Gasteiger partial charge in [0.25, 0.3) is 5.91 Å². The fourth-order valence-corrected chi connectivity index (χ4v) is 3.10. The Balaban J connectivity index is 1.56. The number of para-hydroxylation sites is 2. The molecular weight excluding hydrogens is 413 g/mol. The van der Waals surface area contributed by atoms with Crippen LogP contribution in [0.15, 0.2) is 72.8 Å². The van der Waals surface area contributed by atoms with E-state index in [2.05, 4.69) is 5.32 Å². The molecule has 0 aromatic heterocycles. The van der Waals surface area contributed by atoms with Gasteiger partial charge in [0.2, 0.25) is 0 Å². The summed E-state index contributed by atoms with van der Waals surface area (Å²) < 4.78 is 29.2. The summed E-state index contributed by atoms with van der Waals surface area (Å²) in [4.78, 5) is 24.8. The van der Waals surface area contributed by atoms with Gasteiger partial charge in [-0.25, -0.2) is 9.18 Å². The van der Waals surface area contributed by atoms with Crippen molar-refractivity contribution < 1.29 is 28.2 Å². The van der Waals surface area contributed by atoms with E-state index in [-0.39, 0.29) is 24.0 Å². The first-order valence-electron chi connectivity index (χ1n) is 10.0. The minimum atomic E-state index is -0.681. The van der Waals surface area contributed by atoms with Gasteiger partial charge in [0.05, 0.1) is 13.2 Å². The number of hydrogen-bond donors (Lipinski definition) is 1. The van der Waals surface area contributed by atoms with Crippen LogP contribution in [0.3, 0.4) is 0 Å². The number of carbonyl (C=O) groups is 2. The van der Waals surface area contributed by atoms with Crippen molar-refractivity contribution in [3.63, 3.8) is 0 Å². The molecule has 3 rings (SSSR count). The second kappa shape index (κ2) is 10.9. The van der Waals surface area contributed by atoms with Crippen LogP contribution in [-0.4, -0.2) is 25.6 Å². The number of ether oxygens (including phenoxy) is 3. The van der Waals surface area contributed by atoms with E-state index < -0.39 is 18.5 Å². The molecule has 0 fully saturated rings. The van der Waals surface area contributed by atoms with Gasteiger partial charge >= 0.3 is 5.97 Å². The molecule has 0 aliphatic carbocycles. The molecule has 0 aliphatic rings. The van der Waals surface area contributed by atoms with E-state index in [1.807, 2.05) is 25.1 Å². The number of rotatable bonds is 9. The Morgan fingerprint density at radius 3 is 2.31 bits per heavy atom. The largest absolute Gasteiger partial charge is 0.496 e. The predicted molar refractivity (Wildman–Crippen MR) is 117 cm³/mol. The van der Waals surface area contributed by atoms with E-state index in [4.69, 9.17) is 14.2 Å². The first kappa shape index (κ1) is 22.8. The number of carbonyl (C=O) groups excluding carboxylic acids is 2. The number of hydrogen-bond acceptors (Lipinski definition) is 5. The lowest BCUT2D eigenvalue weighted by Crippen LogP contribution is -2.31. The first-order chi connectivity index (χ1) is 15.5. The molecule has 166 valence electrons. The number of nitrogens with one attached hydrogen (secondary N) is 1. The zero-order chi connectivity index (χ0) is 22.9. The molecule has 7 heteroatoms. The lowest BCUT2D eigenvalue weighted by atomic mass is 10.1. The van der Waals surface area contributed by atoms with Crippen LogP contribution < -0.4 is 14.8 Å². The lowest BCUT2D eigenvalue weighted by molar-refractivity contribution is -0.124. The number of halogens is 1. The van der Waals surface area contributed by atoms with Crippen LogP contribution in [0.5, 0.6) is 11.5 Å². The Bertz CT molecular complexity index is 1070. The smallest absolute Gasteiger partial charge is 0.342 e. The zero-order valence-electron chi connectivity index (χ0n) is 17.8. The van der Waals surface area contributed by atoms with Crippen LogP contribution in [0.25, 0.3) is 0 Å². The molecule has 6 nitrogen and oxygen atoms in total. The Morgan fingerprint density at radius 2 is 1.59 bits per heavy atom. The SMILES string of the molecule is COc1ccccc1C(C)NC(=O)COC(=O)c1ccccc1OCc1ccc(F)cc1. The third kappa shape index (κ3) is 6.07. The second-order valence-corrected chi connectivity index (χ2v) is 7.02. The van der Waals surface area contributed by atoms with Crippen LogP contribution in [0.2, 0.25) is 0 Å². The topological polar surface area (TPSA) is 73.9 Å². The Hall–Kier alpha value is -3.87. The summed E-state index contributed by atoms with van der Waals surface area (Å²) in [5.41, 5.74) is 1.76. The molecule has 32 heavy (non-hydrogen) atoms. The van der Waals surface area contributed by atoms with E-state index >= 15 is 0 Å². The average Bonchev–Trinajstić information content (AvgIpc) is 2.82. The van der Waals surface area contributed by atoms with Crippen molar-refractivity contribution in [2.24, 2.45) is 0 Å². The van der Waals surface area contributed by atoms with Gasteiger partial charge in [0, 0.05) is 5.56 Å². The summed E-state index contributed by atoms with van der Waals surface area (Å²) in [6.45, 7) is 1.53. The standard InChI is InChI=1S/C25H24FNO5/c1-17(20-7-3-5-9-22(20)30-2)27-24(28)16-32-25(29)21-8-4-6-10-23(21)31-15-18-11-13-19(26)14-12-18/h3-14,17H,15-16H2,1-2H3,(H,27,28). The monoisotopic (exact) mass is 437 g/mol. The van der Waals surface area contributed by atoms with Crippen LogP contribution in [0.4, 0.5) is 4.39 Å². The van der Waals surface area contributed by atoms with Crippen LogP contribution in [0, 0.1) is 5.82 Å². The van der Waals surface area contributed by atoms with Gasteiger partial charge in [-0.2, -0.15) is 0 Å². The molecule has 0 saturated carbocycles. The molecule has 0 spiro atoms. The number of amides is 1. The molecule has 1 amide bonds. The maximum Gasteiger partial charge on any atom is 0.342 e. The number of methoxy groups -OCH3 is 1. The normalized spacial score (nSPS) is 11.3. The summed E-state index contributed by atoms with van der Waals surface area (Å²) >= 11 is 0. The number of esters is 1. The second-order valence-electron chi connectivity index (χ2n) is 7.02. The highest BCUT2D eigenvalue weighted by atomic mass is 19.1. The minimum Gasteiger partial charge on any atom is -0.496 e. The molecule has 0 bridgehead atoms. The molecule has 1 N–H and O–H groups in total. The molecule has 1 atom stereocenters. The zero-order valence-corrected chi connectivity index (χ0v) is 17.8. The van der Waals surface area contributed by atoms with Crippen molar-refractivity contribution in [1.29, 1.82) is 0 Å². The van der Waals surface area contributed by atoms with Crippen molar-refractivity contribution in [2.75, 3.05) is 13.7 Å². The van der Waals surface area contributed by atoms with E-state index in [1.54, 1.807) is 49.6 Å². The van der Waals surface area contributed by atoms with Crippen molar-refractivity contribution in [1.82, 2.24) is 5.32 Å². The molecule has 0 aliphatic heterocycles. The Morgan fingerprint density at radius 1 is 0.938 bits per heavy atom. The van der Waals surface area contributed by atoms with Gasteiger partial charge in [-0.3, -0.25) is 4.79 Å². The third-order valence-corrected chi connectivity index (χ3v) is 4.73. The highest BCUT2D eigenvalue weighted by Crippen LogP contribution is 2.24. The summed E-state index contributed by atoms with van der Waals surface area (Å²) in [5.74, 6) is -0.494. The number of benzene rings is 3. The van der Waals surface area contributed by atoms with Crippen molar-refractivity contribution in [2.45, 2.75) is 19.6 Å². The molecule has 0 heterocycles. The third-order valence-electron chi connectivity index (χ3n) is 4.73. The van der Waals surface area contributed by atoms with Gasteiger partial charge in [-0.15, -0.1) is 0 Å². The molecule has 0 saturated heterocycles. The average molecular weight is 437 g/mol. The van der Waals surface area contributed by atoms with Gasteiger partial charge in [0.1, 0.15) is 29.5 Å². The Kier molecular flexibility index (Phi) is 7.80. The van der Waals surface area contributed by atoms with Crippen molar-refractivity contribution in [3.05, 3.63) is 95.3 Å². The van der Waals surface area contributed by atoms with Gasteiger partial charge in [0.15, 0.2) is 6.61 Å². The highest BCUT2D eigenvalue weighted by Gasteiger charge is 2.18. The fraction of sp³-hybridized carbons (Fsp3) is 0.200. The fourth-order valence-electron chi connectivity index (χ4n) is 3.10. The molecular formula is C25H24FNO5. The van der Waals surface area contributed by atoms with E-state index in [0.29, 0.717) is 11.5 Å². The van der Waals surface area contributed by atoms with Gasteiger partial charge < -0.3 is 19.5 Å². The van der Waals surface area contributed by atoms with Crippen LogP contribution >= 0.6 is 0 Å². The maximum absolute atomic E-state index is 13.0. The molecule has 1 unspecified atom stereocenters. The molecule has 0 radical (unpaired) electrons. The first-order valence-corrected chi connectivity index (χ1v) is 10.0. The van der Waals surface area contributed by atoms with E-state index in [0.717, 1.165) is 11.1 Å². The van der Waals surface area contributed by atoms with E-state index in [1.165, 1.54) is 12.1 Å². The van der Waals surface area contributed by atoms with Crippen molar-refractivity contribution in [3.8, 4) is 11.5 Å². The van der Waals surface area contributed by atoms with Gasteiger partial charge in [-0.05, 0) is 42.8 Å². The summed E-state index contributed by atoms with van der Waals surface area (Å²) in [7, 11) is 1.56. The predicted octanol–water partition coefficient (Wildman–Crippen LogP) is 4.45. The van der Waals surface area contributed by atoms with Gasteiger partial charge in [-0.1, -0.05) is 42.5 Å². The summed E-state index contributed by atoms with van der Waals surface area (Å²) in [5, 5.41) is 2.79. The lowest BCUT2D eigenvalue weighted by Gasteiger charge is -2.17. The van der Waals surface area contributed by atoms with Crippen LogP contribution in [-0.2, 0) is 16.1 Å². The highest BCUT2D eigenvalue weighted by molar-refractivity contribution is 5.94. The molecule has 3 aromatic carbocycles. The van der Waals surface area contributed by atoms with Crippen molar-refractivity contribution >= 4 is 11.9 Å². The quantitative estimate of drug-likeness (QED) is 0.501. The maximum atomic E-state index is 13.0. The van der Waals surface area contributed by atoms with Crippen LogP contribution in [0.1, 0.15) is 34.5 Å².